The molecule has 31 heavy (non-hydrogen) atoms. The molecule has 0 radical (unpaired) electrons. The highest BCUT2D eigenvalue weighted by Crippen LogP contribution is 2.37. The van der Waals surface area contributed by atoms with Gasteiger partial charge in [0.25, 0.3) is 0 Å². The maximum atomic E-state index is 13.0. The van der Waals surface area contributed by atoms with Gasteiger partial charge < -0.3 is 15.7 Å². The number of fused-ring (bicyclic) bond motifs is 2. The molecule has 164 valence electrons. The summed E-state index contributed by atoms with van der Waals surface area (Å²) in [5.74, 6) is -1.51. The third-order valence-electron chi connectivity index (χ3n) is 6.47. The summed E-state index contributed by atoms with van der Waals surface area (Å²) in [4.78, 5) is 23.0. The van der Waals surface area contributed by atoms with Crippen molar-refractivity contribution >= 4 is 23.1 Å². The smallest absolute Gasteiger partial charge is 0.308 e. The van der Waals surface area contributed by atoms with Crippen LogP contribution in [0.5, 0.6) is 0 Å². The highest BCUT2D eigenvalue weighted by atomic mass is 19.1. The number of benzene rings is 2. The van der Waals surface area contributed by atoms with Crippen molar-refractivity contribution in [2.24, 2.45) is 11.8 Å². The van der Waals surface area contributed by atoms with Gasteiger partial charge in [0.2, 0.25) is 0 Å². The van der Waals surface area contributed by atoms with E-state index in [2.05, 4.69) is 10.6 Å². The van der Waals surface area contributed by atoms with Crippen LogP contribution in [-0.2, 0) is 4.79 Å². The molecule has 2 fully saturated rings. The number of ketones is 1. The lowest BCUT2D eigenvalue weighted by molar-refractivity contribution is -0.141. The Labute approximate surface area is 179 Å². The second-order valence-corrected chi connectivity index (χ2v) is 8.48. The predicted molar refractivity (Wildman–Crippen MR) is 114 cm³/mol. The van der Waals surface area contributed by atoms with Crippen molar-refractivity contribution in [3.8, 4) is 0 Å². The van der Waals surface area contributed by atoms with Gasteiger partial charge in [-0.2, -0.15) is 0 Å². The lowest BCUT2D eigenvalue weighted by Gasteiger charge is -2.28. The van der Waals surface area contributed by atoms with Gasteiger partial charge in [-0.15, -0.1) is 0 Å². The number of halogens is 2. The Bertz CT molecular complexity index is 964. The minimum Gasteiger partial charge on any atom is -0.481 e. The number of anilines is 2. The van der Waals surface area contributed by atoms with Crippen LogP contribution < -0.4 is 10.6 Å². The second-order valence-electron chi connectivity index (χ2n) is 8.48. The Morgan fingerprint density at radius 1 is 0.968 bits per heavy atom. The first-order chi connectivity index (χ1) is 14.9. The number of aliphatic carboxylic acids is 1. The number of nitrogens with one attached hydrogen (secondary N) is 2. The molecule has 2 saturated carbocycles. The molecule has 3 aliphatic rings. The monoisotopic (exact) mass is 428 g/mol. The second kappa shape index (κ2) is 9.04. The number of Topliss-reactive ketones (excluding diaryl/α,β-unsaturated/α-hetero) is 1. The van der Waals surface area contributed by atoms with Gasteiger partial charge in [0, 0.05) is 34.9 Å². The Kier molecular flexibility index (Phi) is 6.20. The topological polar surface area (TPSA) is 78.4 Å². The molecular formula is C24H26F2N2O3. The molecule has 3 N–H and O–H groups in total. The number of carboxylic acid groups (broad SMARTS) is 1. The largest absolute Gasteiger partial charge is 0.481 e. The third-order valence-corrected chi connectivity index (χ3v) is 6.47. The van der Waals surface area contributed by atoms with Gasteiger partial charge in [0.1, 0.15) is 11.6 Å². The summed E-state index contributed by atoms with van der Waals surface area (Å²) in [5, 5.41) is 15.5. The SMILES string of the molecule is O=C(O)C1CCCC1Nc1ccc(F)cc1.O=C1c2cc(F)ccc2NC2CCCC12. The summed E-state index contributed by atoms with van der Waals surface area (Å²) in [6.07, 6.45) is 5.57. The zero-order valence-electron chi connectivity index (χ0n) is 17.1. The molecule has 1 heterocycles. The van der Waals surface area contributed by atoms with Crippen LogP contribution in [0.3, 0.4) is 0 Å². The fraction of sp³-hybridized carbons (Fsp3) is 0.417. The number of carboxylic acids is 1. The van der Waals surface area contributed by atoms with Crippen molar-refractivity contribution in [1.29, 1.82) is 0 Å². The third kappa shape index (κ3) is 4.70. The molecule has 2 aromatic carbocycles. The summed E-state index contributed by atoms with van der Waals surface area (Å²) in [6, 6.07) is 10.6. The lowest BCUT2D eigenvalue weighted by Crippen LogP contribution is -2.35. The standard InChI is InChI=1S/C12H14FNO2.C12H12FNO/c13-8-4-6-9(7-5-8)14-11-3-1-2-10(11)12(15)16;13-7-4-5-11-9(6-7)12(15)8-2-1-3-10(8)14-11/h4-7,10-11,14H,1-3H2,(H,15,16);4-6,8,10,14H,1-3H2. The summed E-state index contributed by atoms with van der Waals surface area (Å²) in [5.41, 5.74) is 2.10. The normalized spacial score (nSPS) is 26.2. The maximum absolute atomic E-state index is 13.0. The van der Waals surface area contributed by atoms with Crippen molar-refractivity contribution in [2.75, 3.05) is 10.6 Å². The molecule has 7 heteroatoms. The predicted octanol–water partition coefficient (Wildman–Crippen LogP) is 5.09. The number of hydrogen-bond donors (Lipinski definition) is 3. The Balaban J connectivity index is 0.000000149. The first-order valence-electron chi connectivity index (χ1n) is 10.8. The lowest BCUT2D eigenvalue weighted by atomic mass is 9.88. The van der Waals surface area contributed by atoms with E-state index in [-0.39, 0.29) is 41.3 Å². The van der Waals surface area contributed by atoms with Crippen LogP contribution in [-0.4, -0.2) is 28.9 Å². The van der Waals surface area contributed by atoms with Crippen molar-refractivity contribution in [2.45, 2.75) is 50.6 Å². The average Bonchev–Trinajstić information content (AvgIpc) is 3.41. The molecule has 0 bridgehead atoms. The van der Waals surface area contributed by atoms with Crippen LogP contribution in [0.4, 0.5) is 20.2 Å². The first kappa shape index (κ1) is 21.3. The molecule has 4 atom stereocenters. The zero-order valence-corrected chi connectivity index (χ0v) is 17.1. The molecule has 2 aromatic rings. The van der Waals surface area contributed by atoms with Gasteiger partial charge in [0.05, 0.1) is 5.92 Å². The van der Waals surface area contributed by atoms with Gasteiger partial charge in [-0.25, -0.2) is 8.78 Å². The van der Waals surface area contributed by atoms with E-state index in [1.165, 1.54) is 24.3 Å². The Morgan fingerprint density at radius 2 is 1.68 bits per heavy atom. The number of hydrogen-bond acceptors (Lipinski definition) is 4. The minimum atomic E-state index is -0.753. The van der Waals surface area contributed by atoms with E-state index in [0.717, 1.165) is 43.5 Å². The van der Waals surface area contributed by atoms with Crippen LogP contribution in [0, 0.1) is 23.5 Å². The van der Waals surface area contributed by atoms with Gasteiger partial charge in [-0.1, -0.05) is 12.8 Å². The quantitative estimate of drug-likeness (QED) is 0.634. The van der Waals surface area contributed by atoms with E-state index < -0.39 is 5.97 Å². The summed E-state index contributed by atoms with van der Waals surface area (Å²) in [7, 11) is 0. The molecule has 2 aliphatic carbocycles. The Morgan fingerprint density at radius 3 is 2.42 bits per heavy atom. The van der Waals surface area contributed by atoms with Crippen molar-refractivity contribution in [3.05, 3.63) is 59.7 Å². The van der Waals surface area contributed by atoms with E-state index in [4.69, 9.17) is 5.11 Å². The van der Waals surface area contributed by atoms with Crippen LogP contribution in [0.15, 0.2) is 42.5 Å². The van der Waals surface area contributed by atoms with Crippen molar-refractivity contribution in [1.82, 2.24) is 0 Å². The highest BCUT2D eigenvalue weighted by Gasteiger charge is 2.38. The summed E-state index contributed by atoms with van der Waals surface area (Å²) >= 11 is 0. The minimum absolute atomic E-state index is 0.0389. The fourth-order valence-electron chi connectivity index (χ4n) is 4.88. The van der Waals surface area contributed by atoms with E-state index in [0.29, 0.717) is 12.0 Å². The average molecular weight is 428 g/mol. The zero-order chi connectivity index (χ0) is 22.0. The molecule has 5 nitrogen and oxygen atoms in total. The van der Waals surface area contributed by atoms with Crippen LogP contribution in [0.2, 0.25) is 0 Å². The molecular weight excluding hydrogens is 402 g/mol. The summed E-state index contributed by atoms with van der Waals surface area (Å²) < 4.78 is 25.7. The molecule has 5 rings (SSSR count). The fourth-order valence-corrected chi connectivity index (χ4v) is 4.88. The molecule has 0 spiro atoms. The van der Waals surface area contributed by atoms with Gasteiger partial charge in [-0.3, -0.25) is 9.59 Å². The van der Waals surface area contributed by atoms with Gasteiger partial charge in [-0.05, 0) is 68.1 Å². The summed E-state index contributed by atoms with van der Waals surface area (Å²) in [6.45, 7) is 0. The molecule has 1 aliphatic heterocycles. The van der Waals surface area contributed by atoms with Gasteiger partial charge in [0.15, 0.2) is 5.78 Å². The van der Waals surface area contributed by atoms with Crippen LogP contribution >= 0.6 is 0 Å². The van der Waals surface area contributed by atoms with Crippen molar-refractivity contribution in [3.63, 3.8) is 0 Å². The Hall–Kier alpha value is -2.96. The molecule has 0 amide bonds. The molecule has 4 unspecified atom stereocenters. The van der Waals surface area contributed by atoms with E-state index in [1.54, 1.807) is 18.2 Å². The molecule has 0 saturated heterocycles. The maximum Gasteiger partial charge on any atom is 0.308 e. The van der Waals surface area contributed by atoms with Crippen LogP contribution in [0.25, 0.3) is 0 Å². The number of carbonyl (C=O) groups is 2. The van der Waals surface area contributed by atoms with Crippen LogP contribution in [0.1, 0.15) is 48.9 Å². The first-order valence-corrected chi connectivity index (χ1v) is 10.8. The van der Waals surface area contributed by atoms with E-state index in [9.17, 15) is 18.4 Å². The van der Waals surface area contributed by atoms with Gasteiger partial charge >= 0.3 is 5.97 Å². The highest BCUT2D eigenvalue weighted by molar-refractivity contribution is 6.05. The molecule has 0 aromatic heterocycles. The van der Waals surface area contributed by atoms with E-state index in [1.807, 2.05) is 0 Å². The van der Waals surface area contributed by atoms with E-state index >= 15 is 0 Å². The number of carbonyl (C=O) groups excluding carboxylic acids is 1. The number of rotatable bonds is 3. The van der Waals surface area contributed by atoms with Crippen molar-refractivity contribution < 1.29 is 23.5 Å².